The van der Waals surface area contributed by atoms with Gasteiger partial charge in [-0.2, -0.15) is 0 Å². The van der Waals surface area contributed by atoms with E-state index in [1.165, 1.54) is 147 Å². The molecule has 0 aliphatic carbocycles. The van der Waals surface area contributed by atoms with Gasteiger partial charge < -0.3 is 0 Å². The van der Waals surface area contributed by atoms with E-state index in [1.54, 1.807) is 0 Å². The third-order valence-electron chi connectivity index (χ3n) is 6.90. The van der Waals surface area contributed by atoms with Crippen molar-refractivity contribution < 1.29 is 0 Å². The van der Waals surface area contributed by atoms with Crippen LogP contribution in [-0.4, -0.2) is 18.0 Å². The van der Waals surface area contributed by atoms with Crippen molar-refractivity contribution in [3.05, 3.63) is 35.9 Å². The smallest absolute Gasteiger partial charge is 0.0233 e. The lowest BCUT2D eigenvalue weighted by atomic mass is 10.0. The van der Waals surface area contributed by atoms with Gasteiger partial charge in [-0.1, -0.05) is 160 Å². The maximum absolute atomic E-state index is 2.72. The Morgan fingerprint density at radius 2 is 0.781 bits per heavy atom. The van der Waals surface area contributed by atoms with Crippen molar-refractivity contribution in [2.75, 3.05) is 13.1 Å². The zero-order valence-corrected chi connectivity index (χ0v) is 22.1. The standard InChI is InChI=1S/C31H57N/c1-3-5-7-9-11-13-14-15-16-18-20-25-29-32(30-31-26-22-21-23-27-31)28-24-19-17-12-10-8-6-4-2/h21-23,26-27H,3-20,24-25,28-30H2,1-2H3. The summed E-state index contributed by atoms with van der Waals surface area (Å²) in [6, 6.07) is 11.1. The molecule has 1 heteroatoms. The van der Waals surface area contributed by atoms with Crippen LogP contribution >= 0.6 is 0 Å². The molecular formula is C31H57N. The van der Waals surface area contributed by atoms with Gasteiger partial charge in [-0.15, -0.1) is 0 Å². The Labute approximate surface area is 202 Å². The summed E-state index contributed by atoms with van der Waals surface area (Å²) in [4.78, 5) is 2.72. The third kappa shape index (κ3) is 18.7. The van der Waals surface area contributed by atoms with Gasteiger partial charge in [-0.05, 0) is 31.5 Å². The van der Waals surface area contributed by atoms with Crippen molar-refractivity contribution >= 4 is 0 Å². The van der Waals surface area contributed by atoms with E-state index in [0.717, 1.165) is 6.54 Å². The molecule has 1 nitrogen and oxygen atoms in total. The number of unbranched alkanes of at least 4 members (excludes halogenated alkanes) is 18. The van der Waals surface area contributed by atoms with E-state index in [0.29, 0.717) is 0 Å². The highest BCUT2D eigenvalue weighted by atomic mass is 15.1. The van der Waals surface area contributed by atoms with Gasteiger partial charge in [0.1, 0.15) is 0 Å². The second-order valence-electron chi connectivity index (χ2n) is 10.1. The Bertz CT molecular complexity index is 469. The zero-order chi connectivity index (χ0) is 23.0. The van der Waals surface area contributed by atoms with E-state index in [1.807, 2.05) is 0 Å². The molecule has 0 saturated heterocycles. The predicted octanol–water partition coefficient (Wildman–Crippen LogP) is 10.3. The number of nitrogens with zero attached hydrogens (tertiary/aromatic N) is 1. The van der Waals surface area contributed by atoms with Crippen molar-refractivity contribution in [1.29, 1.82) is 0 Å². The second-order valence-corrected chi connectivity index (χ2v) is 10.1. The monoisotopic (exact) mass is 443 g/mol. The molecule has 0 radical (unpaired) electrons. The number of hydrogen-bond acceptors (Lipinski definition) is 1. The summed E-state index contributed by atoms with van der Waals surface area (Å²) in [6.45, 7) is 8.30. The normalized spacial score (nSPS) is 11.5. The molecule has 0 spiro atoms. The molecule has 0 aliphatic heterocycles. The van der Waals surface area contributed by atoms with Crippen molar-refractivity contribution in [3.8, 4) is 0 Å². The van der Waals surface area contributed by atoms with Crippen LogP contribution in [-0.2, 0) is 6.54 Å². The van der Waals surface area contributed by atoms with Crippen molar-refractivity contribution in [3.63, 3.8) is 0 Å². The Morgan fingerprint density at radius 3 is 1.16 bits per heavy atom. The first kappa shape index (κ1) is 29.2. The average molecular weight is 444 g/mol. The minimum absolute atomic E-state index is 1.13. The number of hydrogen-bond donors (Lipinski definition) is 0. The van der Waals surface area contributed by atoms with E-state index in [9.17, 15) is 0 Å². The summed E-state index contributed by atoms with van der Waals surface area (Å²) in [5.41, 5.74) is 1.48. The molecule has 0 fully saturated rings. The third-order valence-corrected chi connectivity index (χ3v) is 6.90. The van der Waals surface area contributed by atoms with Gasteiger partial charge in [0.15, 0.2) is 0 Å². The van der Waals surface area contributed by atoms with E-state index in [-0.39, 0.29) is 0 Å². The van der Waals surface area contributed by atoms with Crippen LogP contribution in [0.2, 0.25) is 0 Å². The highest BCUT2D eigenvalue weighted by molar-refractivity contribution is 5.14. The fourth-order valence-electron chi connectivity index (χ4n) is 4.76. The first-order valence-corrected chi connectivity index (χ1v) is 14.6. The van der Waals surface area contributed by atoms with Crippen molar-refractivity contribution in [2.45, 2.75) is 149 Å². The van der Waals surface area contributed by atoms with Crippen LogP contribution in [0.4, 0.5) is 0 Å². The van der Waals surface area contributed by atoms with Crippen LogP contribution in [0.15, 0.2) is 30.3 Å². The van der Waals surface area contributed by atoms with Crippen LogP contribution in [0.1, 0.15) is 148 Å². The van der Waals surface area contributed by atoms with E-state index in [4.69, 9.17) is 0 Å². The fourth-order valence-corrected chi connectivity index (χ4v) is 4.76. The molecule has 0 saturated carbocycles. The first-order chi connectivity index (χ1) is 15.9. The summed E-state index contributed by atoms with van der Waals surface area (Å²) < 4.78 is 0. The lowest BCUT2D eigenvalue weighted by Gasteiger charge is -2.22. The van der Waals surface area contributed by atoms with Crippen molar-refractivity contribution in [1.82, 2.24) is 4.90 Å². The number of benzene rings is 1. The van der Waals surface area contributed by atoms with Gasteiger partial charge in [-0.25, -0.2) is 0 Å². The minimum Gasteiger partial charge on any atom is -0.299 e. The molecule has 0 N–H and O–H groups in total. The van der Waals surface area contributed by atoms with Crippen LogP contribution in [0, 0.1) is 0 Å². The zero-order valence-electron chi connectivity index (χ0n) is 22.1. The van der Waals surface area contributed by atoms with Crippen molar-refractivity contribution in [2.24, 2.45) is 0 Å². The fraction of sp³-hybridized carbons (Fsp3) is 0.806. The van der Waals surface area contributed by atoms with Crippen LogP contribution in [0.25, 0.3) is 0 Å². The van der Waals surface area contributed by atoms with Gasteiger partial charge >= 0.3 is 0 Å². The molecule has 32 heavy (non-hydrogen) atoms. The topological polar surface area (TPSA) is 3.24 Å². The lowest BCUT2D eigenvalue weighted by Crippen LogP contribution is -2.25. The molecule has 0 aliphatic rings. The molecule has 0 bridgehead atoms. The summed E-state index contributed by atoms with van der Waals surface area (Å²) >= 11 is 0. The van der Waals surface area contributed by atoms with E-state index in [2.05, 4.69) is 49.1 Å². The summed E-state index contributed by atoms with van der Waals surface area (Å²) in [6.07, 6.45) is 28.6. The lowest BCUT2D eigenvalue weighted by molar-refractivity contribution is 0.252. The maximum Gasteiger partial charge on any atom is 0.0233 e. The molecule has 0 heterocycles. The first-order valence-electron chi connectivity index (χ1n) is 14.6. The predicted molar refractivity (Wildman–Crippen MR) is 145 cm³/mol. The molecule has 0 amide bonds. The Balaban J connectivity index is 2.09. The summed E-state index contributed by atoms with van der Waals surface area (Å²) in [5, 5.41) is 0. The molecule has 0 aromatic heterocycles. The van der Waals surface area contributed by atoms with E-state index >= 15 is 0 Å². The molecule has 1 rings (SSSR count). The van der Waals surface area contributed by atoms with Crippen LogP contribution < -0.4 is 0 Å². The highest BCUT2D eigenvalue weighted by Gasteiger charge is 2.06. The minimum atomic E-state index is 1.13. The van der Waals surface area contributed by atoms with Gasteiger partial charge in [0.25, 0.3) is 0 Å². The molecule has 1 aromatic rings. The summed E-state index contributed by atoms with van der Waals surface area (Å²) in [7, 11) is 0. The number of rotatable bonds is 24. The van der Waals surface area contributed by atoms with Gasteiger partial charge in [0.2, 0.25) is 0 Å². The highest BCUT2D eigenvalue weighted by Crippen LogP contribution is 2.14. The van der Waals surface area contributed by atoms with Gasteiger partial charge in [0, 0.05) is 6.54 Å². The van der Waals surface area contributed by atoms with Gasteiger partial charge in [0.05, 0.1) is 0 Å². The molecule has 186 valence electrons. The Kier molecular flexibility index (Phi) is 21.3. The SMILES string of the molecule is CCCCCCCCCCCCCCN(CCCCCCCCCC)Cc1ccccc1. The van der Waals surface area contributed by atoms with Gasteiger partial charge in [-0.3, -0.25) is 4.90 Å². The molecule has 0 atom stereocenters. The Hall–Kier alpha value is -0.820. The average Bonchev–Trinajstić information content (AvgIpc) is 2.82. The van der Waals surface area contributed by atoms with Crippen LogP contribution in [0.5, 0.6) is 0 Å². The molecular weight excluding hydrogens is 386 g/mol. The summed E-state index contributed by atoms with van der Waals surface area (Å²) in [5.74, 6) is 0. The van der Waals surface area contributed by atoms with Crippen LogP contribution in [0.3, 0.4) is 0 Å². The Morgan fingerprint density at radius 1 is 0.438 bits per heavy atom. The quantitative estimate of drug-likeness (QED) is 0.144. The van der Waals surface area contributed by atoms with E-state index < -0.39 is 0 Å². The largest absolute Gasteiger partial charge is 0.299 e. The molecule has 1 aromatic carbocycles. The maximum atomic E-state index is 2.72. The second kappa shape index (κ2) is 23.3. The molecule has 0 unspecified atom stereocenters.